The largest absolute Gasteiger partial charge is 0.465 e. The van der Waals surface area contributed by atoms with Crippen molar-refractivity contribution in [3.63, 3.8) is 0 Å². The number of ether oxygens (including phenoxy) is 1. The highest BCUT2D eigenvalue weighted by Gasteiger charge is 2.12. The molecule has 80 valence electrons. The maximum absolute atomic E-state index is 11.1. The standard InChI is InChI=1S/C12H9NO2S/c13-12(14)11-5-8-4-7-2-1-3-15-9(7)6-10(8)16-11/h1,3-6H,2H2,(H2,13,14). The fourth-order valence-electron chi connectivity index (χ4n) is 1.80. The lowest BCUT2D eigenvalue weighted by Crippen LogP contribution is -2.07. The van der Waals surface area contributed by atoms with Gasteiger partial charge in [-0.2, -0.15) is 0 Å². The van der Waals surface area contributed by atoms with Crippen molar-refractivity contribution < 1.29 is 9.53 Å². The summed E-state index contributed by atoms with van der Waals surface area (Å²) in [4.78, 5) is 11.7. The van der Waals surface area contributed by atoms with Crippen LogP contribution in [0.25, 0.3) is 10.1 Å². The van der Waals surface area contributed by atoms with E-state index in [1.165, 1.54) is 11.3 Å². The molecule has 1 aliphatic rings. The van der Waals surface area contributed by atoms with Gasteiger partial charge in [0.15, 0.2) is 0 Å². The second kappa shape index (κ2) is 3.35. The highest BCUT2D eigenvalue weighted by molar-refractivity contribution is 7.20. The molecule has 2 N–H and O–H groups in total. The zero-order valence-corrected chi connectivity index (χ0v) is 9.21. The first-order valence-electron chi connectivity index (χ1n) is 4.92. The molecule has 4 heteroatoms. The summed E-state index contributed by atoms with van der Waals surface area (Å²) < 4.78 is 6.44. The minimum Gasteiger partial charge on any atom is -0.465 e. The molecule has 0 spiro atoms. The van der Waals surface area contributed by atoms with Crippen molar-refractivity contribution in [2.45, 2.75) is 6.42 Å². The maximum Gasteiger partial charge on any atom is 0.258 e. The van der Waals surface area contributed by atoms with Crippen molar-refractivity contribution >= 4 is 27.3 Å². The lowest BCUT2D eigenvalue weighted by molar-refractivity contribution is 0.100. The Hall–Kier alpha value is -1.81. The van der Waals surface area contributed by atoms with E-state index in [1.54, 1.807) is 6.26 Å². The molecular weight excluding hydrogens is 222 g/mol. The number of hydrogen-bond acceptors (Lipinski definition) is 3. The third-order valence-corrected chi connectivity index (χ3v) is 3.68. The third-order valence-electron chi connectivity index (χ3n) is 2.57. The molecular formula is C12H9NO2S. The quantitative estimate of drug-likeness (QED) is 0.819. The maximum atomic E-state index is 11.1. The number of thiophene rings is 1. The van der Waals surface area contributed by atoms with E-state index in [9.17, 15) is 4.79 Å². The van der Waals surface area contributed by atoms with Crippen LogP contribution in [0.4, 0.5) is 0 Å². The van der Waals surface area contributed by atoms with Gasteiger partial charge in [-0.25, -0.2) is 0 Å². The Labute approximate surface area is 96.1 Å². The summed E-state index contributed by atoms with van der Waals surface area (Å²) in [5, 5.41) is 1.05. The number of fused-ring (bicyclic) bond motifs is 2. The van der Waals surface area contributed by atoms with Gasteiger partial charge in [-0.05, 0) is 41.6 Å². The fourth-order valence-corrected chi connectivity index (χ4v) is 2.73. The smallest absolute Gasteiger partial charge is 0.258 e. The Balaban J connectivity index is 2.21. The number of allylic oxidation sites excluding steroid dienone is 1. The van der Waals surface area contributed by atoms with Gasteiger partial charge in [0.05, 0.1) is 11.1 Å². The lowest BCUT2D eigenvalue weighted by atomic mass is 10.1. The topological polar surface area (TPSA) is 52.3 Å². The Kier molecular flexibility index (Phi) is 1.97. The normalized spacial score (nSPS) is 13.5. The zero-order chi connectivity index (χ0) is 11.1. The average molecular weight is 231 g/mol. The molecule has 3 nitrogen and oxygen atoms in total. The first-order chi connectivity index (χ1) is 7.74. The highest BCUT2D eigenvalue weighted by Crippen LogP contribution is 2.33. The summed E-state index contributed by atoms with van der Waals surface area (Å²) in [5.41, 5.74) is 6.40. The second-order valence-electron chi connectivity index (χ2n) is 3.67. The van der Waals surface area contributed by atoms with Crippen LogP contribution in [0.5, 0.6) is 5.75 Å². The van der Waals surface area contributed by atoms with E-state index in [0.717, 1.165) is 27.8 Å². The van der Waals surface area contributed by atoms with E-state index in [4.69, 9.17) is 10.5 Å². The fraction of sp³-hybridized carbons (Fsp3) is 0.0833. The van der Waals surface area contributed by atoms with E-state index in [0.29, 0.717) is 4.88 Å². The number of hydrogen-bond donors (Lipinski definition) is 1. The van der Waals surface area contributed by atoms with Crippen molar-refractivity contribution in [2.24, 2.45) is 5.73 Å². The van der Waals surface area contributed by atoms with Crippen LogP contribution in [0.15, 0.2) is 30.5 Å². The monoisotopic (exact) mass is 231 g/mol. The average Bonchev–Trinajstić information content (AvgIpc) is 2.68. The van der Waals surface area contributed by atoms with Crippen molar-refractivity contribution in [2.75, 3.05) is 0 Å². The molecule has 1 aromatic heterocycles. The van der Waals surface area contributed by atoms with Crippen molar-refractivity contribution in [3.8, 4) is 5.75 Å². The minimum absolute atomic E-state index is 0.377. The van der Waals surface area contributed by atoms with E-state index in [2.05, 4.69) is 6.07 Å². The van der Waals surface area contributed by atoms with E-state index >= 15 is 0 Å². The van der Waals surface area contributed by atoms with Gasteiger partial charge < -0.3 is 10.5 Å². The Morgan fingerprint density at radius 1 is 1.38 bits per heavy atom. The molecule has 0 fully saturated rings. The Bertz CT molecular complexity index is 568. The molecule has 0 saturated carbocycles. The minimum atomic E-state index is -0.377. The number of benzene rings is 1. The van der Waals surface area contributed by atoms with Crippen LogP contribution in [0, 0.1) is 0 Å². The van der Waals surface area contributed by atoms with Gasteiger partial charge in [0.2, 0.25) is 0 Å². The summed E-state index contributed by atoms with van der Waals surface area (Å²) in [5.74, 6) is 0.492. The summed E-state index contributed by atoms with van der Waals surface area (Å²) in [6.07, 6.45) is 4.53. The number of carbonyl (C=O) groups is 1. The SMILES string of the molecule is NC(=O)c1cc2cc3c(cc2s1)OC=CC3. The Morgan fingerprint density at radius 3 is 3.06 bits per heavy atom. The highest BCUT2D eigenvalue weighted by atomic mass is 32.1. The van der Waals surface area contributed by atoms with Crippen LogP contribution in [-0.2, 0) is 6.42 Å². The molecule has 2 heterocycles. The number of carbonyl (C=O) groups excluding carboxylic acids is 1. The summed E-state index contributed by atoms with van der Waals surface area (Å²) in [6, 6.07) is 5.85. The number of amides is 1. The number of nitrogens with two attached hydrogens (primary N) is 1. The van der Waals surface area contributed by atoms with Crippen LogP contribution >= 0.6 is 11.3 Å². The molecule has 0 radical (unpaired) electrons. The first kappa shape index (κ1) is 9.42. The molecule has 2 aromatic rings. The third kappa shape index (κ3) is 1.39. The van der Waals surface area contributed by atoms with Gasteiger partial charge in [-0.15, -0.1) is 11.3 Å². The van der Waals surface area contributed by atoms with E-state index in [-0.39, 0.29) is 5.91 Å². The molecule has 0 aliphatic carbocycles. The first-order valence-corrected chi connectivity index (χ1v) is 5.73. The molecule has 0 unspecified atom stereocenters. The summed E-state index contributed by atoms with van der Waals surface area (Å²) in [6.45, 7) is 0. The van der Waals surface area contributed by atoms with Crippen LogP contribution in [-0.4, -0.2) is 5.91 Å². The van der Waals surface area contributed by atoms with Gasteiger partial charge >= 0.3 is 0 Å². The molecule has 3 rings (SSSR count). The predicted molar refractivity (Wildman–Crippen MR) is 63.8 cm³/mol. The molecule has 0 saturated heterocycles. The molecule has 1 aliphatic heterocycles. The van der Waals surface area contributed by atoms with Gasteiger partial charge in [-0.3, -0.25) is 4.79 Å². The van der Waals surface area contributed by atoms with E-state index in [1.807, 2.05) is 18.2 Å². The Morgan fingerprint density at radius 2 is 2.25 bits per heavy atom. The van der Waals surface area contributed by atoms with Crippen LogP contribution in [0.2, 0.25) is 0 Å². The summed E-state index contributed by atoms with van der Waals surface area (Å²) >= 11 is 1.40. The number of primary amides is 1. The lowest BCUT2D eigenvalue weighted by Gasteiger charge is -2.11. The van der Waals surface area contributed by atoms with Gasteiger partial charge in [0.25, 0.3) is 5.91 Å². The predicted octanol–water partition coefficient (Wildman–Crippen LogP) is 2.45. The van der Waals surface area contributed by atoms with Crippen LogP contribution in [0.3, 0.4) is 0 Å². The zero-order valence-electron chi connectivity index (χ0n) is 8.40. The van der Waals surface area contributed by atoms with Crippen LogP contribution in [0.1, 0.15) is 15.2 Å². The van der Waals surface area contributed by atoms with Crippen molar-refractivity contribution in [1.29, 1.82) is 0 Å². The van der Waals surface area contributed by atoms with Gasteiger partial charge in [0.1, 0.15) is 5.75 Å². The van der Waals surface area contributed by atoms with Gasteiger partial charge in [-0.1, -0.05) is 0 Å². The van der Waals surface area contributed by atoms with Crippen LogP contribution < -0.4 is 10.5 Å². The molecule has 0 bridgehead atoms. The molecule has 1 amide bonds. The second-order valence-corrected chi connectivity index (χ2v) is 4.75. The summed E-state index contributed by atoms with van der Waals surface area (Å²) in [7, 11) is 0. The van der Waals surface area contributed by atoms with E-state index < -0.39 is 0 Å². The van der Waals surface area contributed by atoms with Crippen molar-refractivity contribution in [3.05, 3.63) is 41.0 Å². The molecule has 16 heavy (non-hydrogen) atoms. The van der Waals surface area contributed by atoms with Gasteiger partial charge in [0, 0.05) is 4.70 Å². The molecule has 1 aromatic carbocycles. The van der Waals surface area contributed by atoms with Crippen molar-refractivity contribution in [1.82, 2.24) is 0 Å². The number of rotatable bonds is 1. The molecule has 0 atom stereocenters.